The summed E-state index contributed by atoms with van der Waals surface area (Å²) in [6, 6.07) is 3.55. The second-order valence-corrected chi connectivity index (χ2v) is 8.31. The molecule has 1 aromatic carbocycles. The third kappa shape index (κ3) is 3.09. The van der Waals surface area contributed by atoms with Gasteiger partial charge in [-0.15, -0.1) is 0 Å². The lowest BCUT2D eigenvalue weighted by molar-refractivity contribution is 0.0823. The number of benzene rings is 1. The first kappa shape index (κ1) is 17.7. The largest absolute Gasteiger partial charge is 0.345 e. The first-order valence-electron chi connectivity index (χ1n) is 9.10. The van der Waals surface area contributed by atoms with Gasteiger partial charge in [-0.1, -0.05) is 6.08 Å². The molecule has 2 heterocycles. The molecule has 1 aliphatic heterocycles. The summed E-state index contributed by atoms with van der Waals surface area (Å²) in [7, 11) is 3.28. The number of rotatable bonds is 4. The number of hydrogen-bond donors (Lipinski definition) is 1. The lowest BCUT2D eigenvalue weighted by atomic mass is 10.1. The molecule has 4 rings (SSSR count). The van der Waals surface area contributed by atoms with E-state index in [1.54, 1.807) is 20.2 Å². The number of carbonyl (C=O) groups is 1. The molecule has 0 atom stereocenters. The van der Waals surface area contributed by atoms with Crippen LogP contribution in [-0.2, 0) is 6.54 Å². The van der Waals surface area contributed by atoms with E-state index in [0.29, 0.717) is 11.3 Å². The van der Waals surface area contributed by atoms with Crippen LogP contribution >= 0.6 is 15.9 Å². The molecular weight excluding hydrogens is 397 g/mol. The smallest absolute Gasteiger partial charge is 0.256 e. The molecule has 0 unspecified atom stereocenters. The Balaban J connectivity index is 1.93. The molecule has 4 nitrogen and oxygen atoms in total. The summed E-state index contributed by atoms with van der Waals surface area (Å²) in [6.07, 6.45) is 5.68. The minimum atomic E-state index is -0.429. The fourth-order valence-electron chi connectivity index (χ4n) is 3.63. The monoisotopic (exact) mass is 419 g/mol. The summed E-state index contributed by atoms with van der Waals surface area (Å²) in [5.41, 5.74) is 3.24. The van der Waals surface area contributed by atoms with Crippen molar-refractivity contribution in [2.45, 2.75) is 25.8 Å². The maximum Gasteiger partial charge on any atom is 0.256 e. The molecule has 26 heavy (non-hydrogen) atoms. The molecule has 1 N–H and O–H groups in total. The average molecular weight is 420 g/mol. The molecule has 0 radical (unpaired) electrons. The molecule has 1 amide bonds. The summed E-state index contributed by atoms with van der Waals surface area (Å²) in [5.74, 6) is -0.0817. The number of halogens is 2. The van der Waals surface area contributed by atoms with E-state index in [-0.39, 0.29) is 11.5 Å². The molecule has 2 aliphatic rings. The quantitative estimate of drug-likeness (QED) is 0.811. The van der Waals surface area contributed by atoms with Crippen molar-refractivity contribution in [2.75, 3.05) is 27.2 Å². The van der Waals surface area contributed by atoms with E-state index < -0.39 is 5.82 Å². The van der Waals surface area contributed by atoms with Crippen molar-refractivity contribution in [1.82, 2.24) is 14.8 Å². The highest BCUT2D eigenvalue weighted by atomic mass is 79.9. The van der Waals surface area contributed by atoms with E-state index in [9.17, 15) is 4.79 Å². The Morgan fingerprint density at radius 2 is 2.15 bits per heavy atom. The van der Waals surface area contributed by atoms with Crippen molar-refractivity contribution in [1.29, 1.82) is 0 Å². The molecule has 1 saturated carbocycles. The zero-order valence-corrected chi connectivity index (χ0v) is 16.7. The van der Waals surface area contributed by atoms with E-state index in [2.05, 4.69) is 31.9 Å². The van der Waals surface area contributed by atoms with E-state index in [0.717, 1.165) is 41.7 Å². The van der Waals surface area contributed by atoms with Gasteiger partial charge < -0.3 is 14.8 Å². The second-order valence-electron chi connectivity index (χ2n) is 7.46. The van der Waals surface area contributed by atoms with Crippen molar-refractivity contribution in [3.8, 4) is 0 Å². The maximum absolute atomic E-state index is 15.3. The predicted molar refractivity (Wildman–Crippen MR) is 106 cm³/mol. The van der Waals surface area contributed by atoms with Crippen molar-refractivity contribution in [2.24, 2.45) is 5.92 Å². The summed E-state index contributed by atoms with van der Waals surface area (Å²) >= 11 is 3.60. The van der Waals surface area contributed by atoms with Crippen LogP contribution in [-0.4, -0.2) is 42.6 Å². The number of amides is 1. The molecule has 1 aromatic heterocycles. The minimum Gasteiger partial charge on any atom is -0.345 e. The highest BCUT2D eigenvalue weighted by Gasteiger charge is 2.28. The molecule has 138 valence electrons. The van der Waals surface area contributed by atoms with E-state index in [4.69, 9.17) is 0 Å². The summed E-state index contributed by atoms with van der Waals surface area (Å²) in [6.45, 7) is 2.67. The lowest BCUT2D eigenvalue weighted by Gasteiger charge is -2.18. The van der Waals surface area contributed by atoms with E-state index in [1.807, 2.05) is 6.07 Å². The SMILES string of the molecule is CN(C)C(=O)c1cc(Br)c2c(cc(C3=CCCNC3)n2CC2CC2)c1F. The van der Waals surface area contributed by atoms with Gasteiger partial charge in [-0.05, 0) is 65.4 Å². The number of hydrogen-bond acceptors (Lipinski definition) is 2. The second kappa shape index (κ2) is 6.82. The third-order valence-corrected chi connectivity index (χ3v) is 5.80. The standard InChI is InChI=1S/C20H23BrFN3O/c1-24(2)20(26)15-8-16(21)19-14(18(15)22)9-17(13-4-3-7-23-10-13)25(19)11-12-5-6-12/h4,8-9,12,23H,3,5-7,10-11H2,1-2H3. The van der Waals surface area contributed by atoms with Crippen LogP contribution in [0, 0.1) is 11.7 Å². The van der Waals surface area contributed by atoms with Crippen molar-refractivity contribution in [3.05, 3.63) is 39.8 Å². The lowest BCUT2D eigenvalue weighted by Crippen LogP contribution is -2.23. The van der Waals surface area contributed by atoms with Gasteiger partial charge in [0.1, 0.15) is 5.82 Å². The topological polar surface area (TPSA) is 37.3 Å². The van der Waals surface area contributed by atoms with E-state index >= 15 is 4.39 Å². The number of fused-ring (bicyclic) bond motifs is 1. The van der Waals surface area contributed by atoms with Gasteiger partial charge in [0.05, 0.1) is 11.1 Å². The first-order valence-corrected chi connectivity index (χ1v) is 9.89. The zero-order valence-electron chi connectivity index (χ0n) is 15.1. The van der Waals surface area contributed by atoms with Gasteiger partial charge in [-0.3, -0.25) is 4.79 Å². The predicted octanol–water partition coefficient (Wildman–Crippen LogP) is 4.03. The molecular formula is C20H23BrFN3O. The molecule has 1 aliphatic carbocycles. The van der Waals surface area contributed by atoms with Gasteiger partial charge in [0, 0.05) is 42.7 Å². The van der Waals surface area contributed by atoms with Crippen LogP contribution in [0.5, 0.6) is 0 Å². The summed E-state index contributed by atoms with van der Waals surface area (Å²) in [4.78, 5) is 13.8. The van der Waals surface area contributed by atoms with Crippen LogP contribution in [0.25, 0.3) is 16.5 Å². The summed E-state index contributed by atoms with van der Waals surface area (Å²) < 4.78 is 18.3. The van der Waals surface area contributed by atoms with Gasteiger partial charge in [0.15, 0.2) is 0 Å². The van der Waals surface area contributed by atoms with Crippen LogP contribution in [0.1, 0.15) is 35.3 Å². The Labute approximate surface area is 161 Å². The van der Waals surface area contributed by atoms with Crippen LogP contribution < -0.4 is 5.32 Å². The zero-order chi connectivity index (χ0) is 18.4. The van der Waals surface area contributed by atoms with Gasteiger partial charge in [-0.2, -0.15) is 0 Å². The van der Waals surface area contributed by atoms with Crippen molar-refractivity contribution < 1.29 is 9.18 Å². The Morgan fingerprint density at radius 1 is 1.38 bits per heavy atom. The highest BCUT2D eigenvalue weighted by Crippen LogP contribution is 2.39. The molecule has 1 fully saturated rings. The van der Waals surface area contributed by atoms with Crippen molar-refractivity contribution >= 4 is 38.3 Å². The highest BCUT2D eigenvalue weighted by molar-refractivity contribution is 9.10. The fraction of sp³-hybridized carbons (Fsp3) is 0.450. The Kier molecular flexibility index (Phi) is 4.65. The van der Waals surface area contributed by atoms with Gasteiger partial charge in [-0.25, -0.2) is 4.39 Å². The minimum absolute atomic E-state index is 0.111. The fourth-order valence-corrected chi connectivity index (χ4v) is 4.28. The maximum atomic E-state index is 15.3. The van der Waals surface area contributed by atoms with Crippen LogP contribution in [0.15, 0.2) is 22.7 Å². The van der Waals surface area contributed by atoms with Crippen molar-refractivity contribution in [3.63, 3.8) is 0 Å². The van der Waals surface area contributed by atoms with Crippen LogP contribution in [0.2, 0.25) is 0 Å². The molecule has 0 spiro atoms. The number of carbonyl (C=O) groups excluding carboxylic acids is 1. The first-order chi connectivity index (χ1) is 12.5. The Hall–Kier alpha value is -1.66. The van der Waals surface area contributed by atoms with E-state index in [1.165, 1.54) is 23.3 Å². The van der Waals surface area contributed by atoms with Gasteiger partial charge in [0.2, 0.25) is 0 Å². The molecule has 0 saturated heterocycles. The third-order valence-electron chi connectivity index (χ3n) is 5.20. The number of aromatic nitrogens is 1. The average Bonchev–Trinajstić information content (AvgIpc) is 3.36. The van der Waals surface area contributed by atoms with Gasteiger partial charge in [0.25, 0.3) is 5.91 Å². The van der Waals surface area contributed by atoms with Crippen LogP contribution in [0.4, 0.5) is 4.39 Å². The Morgan fingerprint density at radius 3 is 2.77 bits per heavy atom. The number of nitrogens with zero attached hydrogens (tertiary/aromatic N) is 2. The molecule has 2 aromatic rings. The van der Waals surface area contributed by atoms with Gasteiger partial charge >= 0.3 is 0 Å². The molecule has 6 heteroatoms. The normalized spacial score (nSPS) is 17.5. The number of nitrogens with one attached hydrogen (secondary N) is 1. The van der Waals surface area contributed by atoms with Crippen LogP contribution in [0.3, 0.4) is 0 Å². The Bertz CT molecular complexity index is 912. The summed E-state index contributed by atoms with van der Waals surface area (Å²) in [5, 5.41) is 3.92. The molecule has 0 bridgehead atoms.